The third kappa shape index (κ3) is 8.13. The normalized spacial score (nSPS) is 10.8. The van der Waals surface area contributed by atoms with Crippen LogP contribution in [0.15, 0.2) is 78.9 Å². The van der Waals surface area contributed by atoms with Crippen LogP contribution in [0.3, 0.4) is 0 Å². The highest BCUT2D eigenvalue weighted by molar-refractivity contribution is 6.06. The third-order valence-corrected chi connectivity index (χ3v) is 5.39. The Morgan fingerprint density at radius 2 is 1.25 bits per heavy atom. The van der Waals surface area contributed by atoms with Crippen LogP contribution in [-0.2, 0) is 0 Å². The summed E-state index contributed by atoms with van der Waals surface area (Å²) in [4.78, 5) is 34.5. The van der Waals surface area contributed by atoms with Crippen LogP contribution in [0.5, 0.6) is 11.5 Å². The first-order chi connectivity index (χ1) is 17.4. The molecule has 0 unspecified atom stereocenters. The zero-order valence-electron chi connectivity index (χ0n) is 19.8. The number of hydrogen-bond donors (Lipinski definition) is 2. The van der Waals surface area contributed by atoms with Crippen molar-refractivity contribution in [2.75, 3.05) is 13.2 Å². The maximum Gasteiger partial charge on any atom is 0.336 e. The SMILES string of the molecule is O=C(C=Cc1ccc(OCCCCCCOc2ccc(C(=O)O)c(C(=O)O)c2)cc1)c1ccccc1. The fourth-order valence-corrected chi connectivity index (χ4v) is 3.46. The van der Waals surface area contributed by atoms with E-state index in [9.17, 15) is 14.4 Å². The maximum atomic E-state index is 12.1. The lowest BCUT2D eigenvalue weighted by Crippen LogP contribution is -2.08. The second-order valence-corrected chi connectivity index (χ2v) is 8.06. The summed E-state index contributed by atoms with van der Waals surface area (Å²) in [5, 5.41) is 18.2. The van der Waals surface area contributed by atoms with Crippen LogP contribution in [0.4, 0.5) is 0 Å². The molecule has 186 valence electrons. The zero-order chi connectivity index (χ0) is 25.8. The first-order valence-electron chi connectivity index (χ1n) is 11.7. The van der Waals surface area contributed by atoms with Crippen LogP contribution in [-0.4, -0.2) is 41.1 Å². The number of rotatable bonds is 14. The number of benzene rings is 3. The van der Waals surface area contributed by atoms with Crippen molar-refractivity contribution in [1.29, 1.82) is 0 Å². The monoisotopic (exact) mass is 488 g/mol. The van der Waals surface area contributed by atoms with E-state index in [-0.39, 0.29) is 16.9 Å². The molecule has 0 aliphatic carbocycles. The quantitative estimate of drug-likeness (QED) is 0.163. The second kappa shape index (κ2) is 13.5. The second-order valence-electron chi connectivity index (χ2n) is 8.06. The van der Waals surface area contributed by atoms with Gasteiger partial charge in [0.05, 0.1) is 24.3 Å². The summed E-state index contributed by atoms with van der Waals surface area (Å²) >= 11 is 0. The van der Waals surface area contributed by atoms with Gasteiger partial charge in [0.2, 0.25) is 0 Å². The van der Waals surface area contributed by atoms with Gasteiger partial charge in [-0.15, -0.1) is 0 Å². The molecule has 0 aliphatic rings. The summed E-state index contributed by atoms with van der Waals surface area (Å²) in [6, 6.07) is 20.6. The number of carboxylic acids is 2. The molecule has 0 amide bonds. The molecule has 3 rings (SSSR count). The highest BCUT2D eigenvalue weighted by Crippen LogP contribution is 2.19. The van der Waals surface area contributed by atoms with Gasteiger partial charge in [0.1, 0.15) is 11.5 Å². The largest absolute Gasteiger partial charge is 0.494 e. The lowest BCUT2D eigenvalue weighted by Gasteiger charge is -2.09. The molecule has 0 radical (unpaired) electrons. The number of allylic oxidation sites excluding steroid dienone is 1. The number of carbonyl (C=O) groups is 3. The Hall–Kier alpha value is -4.39. The predicted molar refractivity (Wildman–Crippen MR) is 136 cm³/mol. The van der Waals surface area contributed by atoms with Gasteiger partial charge in [0.15, 0.2) is 5.78 Å². The Balaban J connectivity index is 1.31. The zero-order valence-corrected chi connectivity index (χ0v) is 19.8. The summed E-state index contributed by atoms with van der Waals surface area (Å²) in [6.45, 7) is 0.995. The molecule has 0 bridgehead atoms. The summed E-state index contributed by atoms with van der Waals surface area (Å²) in [5.41, 5.74) is 1.02. The molecule has 0 aliphatic heterocycles. The molecular weight excluding hydrogens is 460 g/mol. The van der Waals surface area contributed by atoms with E-state index in [1.165, 1.54) is 18.2 Å². The Bertz CT molecular complexity index is 1200. The van der Waals surface area contributed by atoms with Crippen molar-refractivity contribution in [2.24, 2.45) is 0 Å². The topological polar surface area (TPSA) is 110 Å². The molecule has 36 heavy (non-hydrogen) atoms. The summed E-state index contributed by atoms with van der Waals surface area (Å²) < 4.78 is 11.3. The van der Waals surface area contributed by atoms with Gasteiger partial charge >= 0.3 is 11.9 Å². The molecule has 7 heteroatoms. The minimum atomic E-state index is -1.30. The standard InChI is InChI=1S/C29H28O7/c30-27(22-8-4-3-5-9-22)17-12-21-10-13-23(14-11-21)35-18-6-1-2-7-19-36-24-15-16-25(28(31)32)26(20-24)29(33)34/h3-5,8-17,20H,1-2,6-7,18-19H2,(H,31,32)(H,33,34). The number of ketones is 1. The highest BCUT2D eigenvalue weighted by atomic mass is 16.5. The van der Waals surface area contributed by atoms with Crippen LogP contribution in [0.25, 0.3) is 6.08 Å². The molecule has 0 spiro atoms. The van der Waals surface area contributed by atoms with E-state index < -0.39 is 11.9 Å². The number of ether oxygens (including phenoxy) is 2. The number of hydrogen-bond acceptors (Lipinski definition) is 5. The maximum absolute atomic E-state index is 12.1. The number of carbonyl (C=O) groups excluding carboxylic acids is 1. The predicted octanol–water partition coefficient (Wildman–Crippen LogP) is 6.00. The molecule has 0 aromatic heterocycles. The van der Waals surface area contributed by atoms with Crippen molar-refractivity contribution in [3.8, 4) is 11.5 Å². The van der Waals surface area contributed by atoms with Gasteiger partial charge < -0.3 is 19.7 Å². The van der Waals surface area contributed by atoms with Crippen molar-refractivity contribution in [2.45, 2.75) is 25.7 Å². The van der Waals surface area contributed by atoms with Gasteiger partial charge in [-0.25, -0.2) is 9.59 Å². The first-order valence-corrected chi connectivity index (χ1v) is 11.7. The lowest BCUT2D eigenvalue weighted by atomic mass is 10.1. The van der Waals surface area contributed by atoms with E-state index in [2.05, 4.69) is 0 Å². The van der Waals surface area contributed by atoms with Gasteiger partial charge in [-0.05, 0) is 67.7 Å². The van der Waals surface area contributed by atoms with Crippen LogP contribution < -0.4 is 9.47 Å². The van der Waals surface area contributed by atoms with Gasteiger partial charge in [-0.3, -0.25) is 4.79 Å². The minimum absolute atomic E-state index is 0.0394. The Morgan fingerprint density at radius 1 is 0.667 bits per heavy atom. The van der Waals surface area contributed by atoms with E-state index in [1.54, 1.807) is 24.3 Å². The third-order valence-electron chi connectivity index (χ3n) is 5.39. The van der Waals surface area contributed by atoms with Crippen molar-refractivity contribution < 1.29 is 34.1 Å². The lowest BCUT2D eigenvalue weighted by molar-refractivity contribution is 0.0651. The molecule has 0 atom stereocenters. The van der Waals surface area contributed by atoms with E-state index in [1.807, 2.05) is 42.5 Å². The van der Waals surface area contributed by atoms with Crippen LogP contribution >= 0.6 is 0 Å². The Labute approximate surface area is 209 Å². The molecule has 2 N–H and O–H groups in total. The number of unbranched alkanes of at least 4 members (excludes halogenated alkanes) is 3. The van der Waals surface area contributed by atoms with Crippen molar-refractivity contribution >= 4 is 23.8 Å². The van der Waals surface area contributed by atoms with E-state index in [4.69, 9.17) is 19.7 Å². The van der Waals surface area contributed by atoms with Crippen LogP contribution in [0.1, 0.15) is 62.3 Å². The molecule has 7 nitrogen and oxygen atoms in total. The van der Waals surface area contributed by atoms with Gasteiger partial charge in [0.25, 0.3) is 0 Å². The van der Waals surface area contributed by atoms with E-state index >= 15 is 0 Å². The fourth-order valence-electron chi connectivity index (χ4n) is 3.46. The summed E-state index contributed by atoms with van der Waals surface area (Å²) in [7, 11) is 0. The number of aromatic carboxylic acids is 2. The van der Waals surface area contributed by atoms with Crippen LogP contribution in [0, 0.1) is 0 Å². The highest BCUT2D eigenvalue weighted by Gasteiger charge is 2.16. The Morgan fingerprint density at radius 3 is 1.86 bits per heavy atom. The summed E-state index contributed by atoms with van der Waals surface area (Å²) in [6.07, 6.45) is 6.87. The molecule has 3 aromatic rings. The summed E-state index contributed by atoms with van der Waals surface area (Å²) in [5.74, 6) is -1.53. The van der Waals surface area contributed by atoms with Crippen molar-refractivity contribution in [3.05, 3.63) is 101 Å². The fraction of sp³-hybridized carbons (Fsp3) is 0.207. The smallest absolute Gasteiger partial charge is 0.336 e. The average molecular weight is 489 g/mol. The molecule has 0 saturated carbocycles. The number of carboxylic acid groups (broad SMARTS) is 2. The van der Waals surface area contributed by atoms with Crippen LogP contribution in [0.2, 0.25) is 0 Å². The van der Waals surface area contributed by atoms with E-state index in [0.29, 0.717) is 24.5 Å². The molecular formula is C29H28O7. The Kier molecular flexibility index (Phi) is 9.82. The molecule has 0 heterocycles. The van der Waals surface area contributed by atoms with Crippen molar-refractivity contribution in [1.82, 2.24) is 0 Å². The van der Waals surface area contributed by atoms with E-state index in [0.717, 1.165) is 37.0 Å². The molecule has 3 aromatic carbocycles. The average Bonchev–Trinajstić information content (AvgIpc) is 2.89. The van der Waals surface area contributed by atoms with Crippen molar-refractivity contribution in [3.63, 3.8) is 0 Å². The molecule has 0 fully saturated rings. The molecule has 0 saturated heterocycles. The van der Waals surface area contributed by atoms with Gasteiger partial charge in [-0.2, -0.15) is 0 Å². The van der Waals surface area contributed by atoms with Gasteiger partial charge in [0, 0.05) is 5.56 Å². The first kappa shape index (κ1) is 26.2. The minimum Gasteiger partial charge on any atom is -0.494 e. The van der Waals surface area contributed by atoms with Gasteiger partial charge in [-0.1, -0.05) is 48.5 Å².